The van der Waals surface area contributed by atoms with Crippen LogP contribution in [-0.4, -0.2) is 14.0 Å². The second-order valence-electron chi connectivity index (χ2n) is 14.7. The minimum absolute atomic E-state index is 0.459. The van der Waals surface area contributed by atoms with Gasteiger partial charge in [0.05, 0.1) is 44.2 Å². The van der Waals surface area contributed by atoms with Crippen molar-refractivity contribution in [2.75, 3.05) is 0 Å². The predicted molar refractivity (Wildman–Crippen MR) is 227 cm³/mol. The maximum absolute atomic E-state index is 5.33. The van der Waals surface area contributed by atoms with E-state index >= 15 is 0 Å². The summed E-state index contributed by atoms with van der Waals surface area (Å²) in [5, 5.41) is 3.69. The van der Waals surface area contributed by atoms with Crippen LogP contribution < -0.4 is 0 Å². The Balaban J connectivity index is 1.15. The molecule has 0 N–H and O–H groups in total. The normalized spacial score (nSPS) is 13.2. The van der Waals surface area contributed by atoms with Gasteiger partial charge in [-0.05, 0) is 88.0 Å². The van der Waals surface area contributed by atoms with Crippen molar-refractivity contribution in [1.82, 2.24) is 14.0 Å². The molecule has 3 heterocycles. The summed E-state index contributed by atoms with van der Waals surface area (Å²) in [6, 6.07) is 73.2. The van der Waals surface area contributed by atoms with Gasteiger partial charge in [-0.15, -0.1) is 0 Å². The predicted octanol–water partition coefficient (Wildman–Crippen LogP) is 12.8. The summed E-state index contributed by atoms with van der Waals surface area (Å²) < 4.78 is 4.82. The van der Waals surface area contributed by atoms with Gasteiger partial charge in [-0.1, -0.05) is 146 Å². The Morgan fingerprint density at radius 2 is 1.07 bits per heavy atom. The highest BCUT2D eigenvalue weighted by Crippen LogP contribution is 2.57. The second kappa shape index (κ2) is 11.4. The van der Waals surface area contributed by atoms with Gasteiger partial charge in [-0.2, -0.15) is 0 Å². The van der Waals surface area contributed by atoms with Crippen LogP contribution in [0.15, 0.2) is 200 Å². The van der Waals surface area contributed by atoms with E-state index < -0.39 is 5.41 Å². The molecule has 3 aromatic heterocycles. The van der Waals surface area contributed by atoms with Crippen molar-refractivity contribution in [3.8, 4) is 28.1 Å². The maximum Gasteiger partial charge on any atom is 0.0951 e. The molecule has 0 bridgehead atoms. The smallest absolute Gasteiger partial charge is 0.0951 e. The summed E-state index contributed by atoms with van der Waals surface area (Å²) in [5.74, 6) is 0. The fraction of sp³-hybridized carbons (Fsp3) is 0.0192. The number of nitrogens with zero attached hydrogens (tertiary/aromatic N) is 3. The van der Waals surface area contributed by atoms with E-state index in [0.717, 1.165) is 33.5 Å². The van der Waals surface area contributed by atoms with Gasteiger partial charge in [0.15, 0.2) is 0 Å². The highest BCUT2D eigenvalue weighted by molar-refractivity contribution is 6.12. The first-order chi connectivity index (χ1) is 27.3. The molecule has 0 spiro atoms. The van der Waals surface area contributed by atoms with Crippen LogP contribution in [-0.2, 0) is 5.41 Å². The summed E-state index contributed by atoms with van der Waals surface area (Å²) in [6.45, 7) is 0. The third kappa shape index (κ3) is 4.12. The highest BCUT2D eigenvalue weighted by atomic mass is 15.0. The molecule has 3 nitrogen and oxygen atoms in total. The van der Waals surface area contributed by atoms with Crippen LogP contribution in [0.25, 0.3) is 77.3 Å². The van der Waals surface area contributed by atoms with E-state index in [2.05, 4.69) is 209 Å². The number of aromatic nitrogens is 3. The molecule has 0 atom stereocenters. The quantitative estimate of drug-likeness (QED) is 0.179. The Bertz CT molecular complexity index is 3280. The minimum atomic E-state index is -0.459. The van der Waals surface area contributed by atoms with Gasteiger partial charge < -0.3 is 8.97 Å². The summed E-state index contributed by atoms with van der Waals surface area (Å²) in [5.41, 5.74) is 17.2. The average molecular weight is 700 g/mol. The van der Waals surface area contributed by atoms with Crippen LogP contribution in [0.3, 0.4) is 0 Å². The van der Waals surface area contributed by atoms with Gasteiger partial charge in [0.1, 0.15) is 0 Å². The van der Waals surface area contributed by atoms with Gasteiger partial charge in [0.25, 0.3) is 0 Å². The molecule has 0 radical (unpaired) electrons. The molecule has 12 rings (SSSR count). The van der Waals surface area contributed by atoms with Crippen LogP contribution >= 0.6 is 0 Å². The third-order valence-corrected chi connectivity index (χ3v) is 11.9. The molecular weight excluding hydrogens is 667 g/mol. The van der Waals surface area contributed by atoms with E-state index in [1.54, 1.807) is 0 Å². The summed E-state index contributed by atoms with van der Waals surface area (Å²) >= 11 is 0. The van der Waals surface area contributed by atoms with Gasteiger partial charge in [-0.3, -0.25) is 0 Å². The fourth-order valence-electron chi connectivity index (χ4n) is 9.70. The molecule has 1 aliphatic rings. The lowest BCUT2D eigenvalue weighted by molar-refractivity contribution is 0.769. The summed E-state index contributed by atoms with van der Waals surface area (Å²) in [7, 11) is 0. The van der Waals surface area contributed by atoms with E-state index in [4.69, 9.17) is 4.98 Å². The van der Waals surface area contributed by atoms with E-state index in [1.165, 1.54) is 66.1 Å². The number of para-hydroxylation sites is 4. The van der Waals surface area contributed by atoms with E-state index in [9.17, 15) is 0 Å². The minimum Gasteiger partial charge on any atom is -0.309 e. The van der Waals surface area contributed by atoms with Crippen molar-refractivity contribution in [3.05, 3.63) is 222 Å². The lowest BCUT2D eigenvalue weighted by Gasteiger charge is -2.33. The monoisotopic (exact) mass is 699 g/mol. The Hall–Kier alpha value is -7.23. The molecule has 0 amide bonds. The molecule has 0 saturated carbocycles. The zero-order valence-corrected chi connectivity index (χ0v) is 29.9. The number of benzene rings is 8. The van der Waals surface area contributed by atoms with Crippen molar-refractivity contribution in [2.24, 2.45) is 0 Å². The van der Waals surface area contributed by atoms with Crippen molar-refractivity contribution >= 4 is 49.3 Å². The van der Waals surface area contributed by atoms with Gasteiger partial charge >= 0.3 is 0 Å². The molecular formula is C52H33N3. The van der Waals surface area contributed by atoms with E-state index in [0.29, 0.717) is 0 Å². The SMILES string of the molecule is c1ccc(C2(c3ccccc3)c3ccccc3-c3cc4c(cc32)c2ccccc2n4-c2cccc(-c3nc4ccccc4n4c3cc3ccccc34)c2)cc1. The van der Waals surface area contributed by atoms with Crippen molar-refractivity contribution in [3.63, 3.8) is 0 Å². The molecule has 1 aliphatic carbocycles. The Morgan fingerprint density at radius 1 is 0.400 bits per heavy atom. The van der Waals surface area contributed by atoms with Gasteiger partial charge in [0.2, 0.25) is 0 Å². The van der Waals surface area contributed by atoms with Crippen LogP contribution in [0.4, 0.5) is 0 Å². The number of hydrogen-bond acceptors (Lipinski definition) is 1. The molecule has 0 unspecified atom stereocenters. The molecule has 0 aliphatic heterocycles. The van der Waals surface area contributed by atoms with Crippen molar-refractivity contribution in [2.45, 2.75) is 5.41 Å². The molecule has 256 valence electrons. The number of fused-ring (bicyclic) bond motifs is 11. The summed E-state index contributed by atoms with van der Waals surface area (Å²) in [4.78, 5) is 5.33. The highest BCUT2D eigenvalue weighted by Gasteiger charge is 2.46. The standard InChI is InChI=1S/C52H33N3/c1-3-18-36(19-4-1)52(37-20-5-2-6-21-37)43-25-10-8-23-39(43)41-33-49-42(32-44(41)52)40-24-9-13-28-47(40)54(49)38-22-15-17-35(30-38)51-50-31-34-16-7-12-27-46(34)55(50)48-29-14-11-26-45(48)53-51/h1-33H. The van der Waals surface area contributed by atoms with Crippen molar-refractivity contribution < 1.29 is 0 Å². The van der Waals surface area contributed by atoms with Crippen molar-refractivity contribution in [1.29, 1.82) is 0 Å². The van der Waals surface area contributed by atoms with Crippen LogP contribution in [0.1, 0.15) is 22.3 Å². The van der Waals surface area contributed by atoms with Crippen LogP contribution in [0.2, 0.25) is 0 Å². The van der Waals surface area contributed by atoms with E-state index in [1.807, 2.05) is 0 Å². The average Bonchev–Trinajstić information content (AvgIpc) is 3.90. The van der Waals surface area contributed by atoms with Gasteiger partial charge in [-0.25, -0.2) is 4.98 Å². The van der Waals surface area contributed by atoms with Crippen LogP contribution in [0.5, 0.6) is 0 Å². The lowest BCUT2D eigenvalue weighted by atomic mass is 9.67. The largest absolute Gasteiger partial charge is 0.309 e. The number of hydrogen-bond donors (Lipinski definition) is 0. The number of rotatable bonds is 4. The molecule has 0 saturated heterocycles. The zero-order valence-electron chi connectivity index (χ0n) is 29.9. The lowest BCUT2D eigenvalue weighted by Crippen LogP contribution is -2.28. The Morgan fingerprint density at radius 3 is 1.89 bits per heavy atom. The topological polar surface area (TPSA) is 22.2 Å². The van der Waals surface area contributed by atoms with Gasteiger partial charge in [0, 0.05) is 27.4 Å². The third-order valence-electron chi connectivity index (χ3n) is 11.9. The molecule has 8 aromatic carbocycles. The Kier molecular flexibility index (Phi) is 6.26. The Labute approximate surface area is 318 Å². The molecule has 3 heteroatoms. The molecule has 55 heavy (non-hydrogen) atoms. The summed E-state index contributed by atoms with van der Waals surface area (Å²) in [6.07, 6.45) is 0. The van der Waals surface area contributed by atoms with E-state index in [-0.39, 0.29) is 0 Å². The maximum atomic E-state index is 5.33. The molecule has 11 aromatic rings. The second-order valence-corrected chi connectivity index (χ2v) is 14.7. The first-order valence-electron chi connectivity index (χ1n) is 19.0. The van der Waals surface area contributed by atoms with Crippen LogP contribution in [0, 0.1) is 0 Å². The first-order valence-corrected chi connectivity index (χ1v) is 19.0. The first kappa shape index (κ1) is 30.3. The zero-order chi connectivity index (χ0) is 36.1. The molecule has 0 fully saturated rings. The fourth-order valence-corrected chi connectivity index (χ4v) is 9.70.